The van der Waals surface area contributed by atoms with Crippen molar-refractivity contribution in [3.63, 3.8) is 0 Å². The first kappa shape index (κ1) is 20.1. The molecule has 2 saturated heterocycles. The number of piperazine rings is 2. The van der Waals surface area contributed by atoms with Gasteiger partial charge in [-0.15, -0.1) is 0 Å². The molecule has 3 rings (SSSR count). The Kier molecular flexibility index (Phi) is 6.46. The Morgan fingerprint density at radius 1 is 1.14 bits per heavy atom. The van der Waals surface area contributed by atoms with Gasteiger partial charge in [-0.05, 0) is 26.0 Å². The monoisotopic (exact) mass is 384 g/mol. The quantitative estimate of drug-likeness (QED) is 0.770. The summed E-state index contributed by atoms with van der Waals surface area (Å²) in [6.45, 7) is 6.98. The third-order valence-electron chi connectivity index (χ3n) is 5.18. The summed E-state index contributed by atoms with van der Waals surface area (Å²) in [5.74, 6) is -0.360. The van der Waals surface area contributed by atoms with Gasteiger partial charge >= 0.3 is 0 Å². The lowest BCUT2D eigenvalue weighted by Crippen LogP contribution is -2.58. The van der Waals surface area contributed by atoms with Gasteiger partial charge in [0.25, 0.3) is 0 Å². The fourth-order valence-corrected chi connectivity index (χ4v) is 3.56. The number of carbonyl (C=O) groups is 3. The van der Waals surface area contributed by atoms with Crippen molar-refractivity contribution < 1.29 is 14.4 Å². The molecular formula is C21H28N4O3. The number of benzene rings is 1. The molecular weight excluding hydrogens is 356 g/mol. The minimum Gasteiger partial charge on any atom is -0.353 e. The highest BCUT2D eigenvalue weighted by Gasteiger charge is 2.34. The second-order valence-electron chi connectivity index (χ2n) is 7.48. The van der Waals surface area contributed by atoms with E-state index < -0.39 is 6.04 Å². The number of allylic oxidation sites excluding steroid dienone is 1. The summed E-state index contributed by atoms with van der Waals surface area (Å²) in [7, 11) is 0. The smallest absolute Gasteiger partial charge is 0.246 e. The van der Waals surface area contributed by atoms with Crippen LogP contribution in [0.1, 0.15) is 20.3 Å². The van der Waals surface area contributed by atoms with Gasteiger partial charge < -0.3 is 15.1 Å². The zero-order valence-corrected chi connectivity index (χ0v) is 16.6. The van der Waals surface area contributed by atoms with E-state index in [1.54, 1.807) is 9.80 Å². The third kappa shape index (κ3) is 4.78. The number of hydrogen-bond acceptors (Lipinski definition) is 4. The van der Waals surface area contributed by atoms with Crippen LogP contribution >= 0.6 is 0 Å². The van der Waals surface area contributed by atoms with Crippen LogP contribution in [0.3, 0.4) is 0 Å². The molecule has 2 heterocycles. The van der Waals surface area contributed by atoms with E-state index in [9.17, 15) is 14.4 Å². The average molecular weight is 384 g/mol. The van der Waals surface area contributed by atoms with Crippen LogP contribution in [0.2, 0.25) is 0 Å². The molecule has 2 aliphatic heterocycles. The maximum Gasteiger partial charge on any atom is 0.246 e. The van der Waals surface area contributed by atoms with E-state index in [1.807, 2.05) is 49.1 Å². The van der Waals surface area contributed by atoms with Gasteiger partial charge in [0, 0.05) is 38.4 Å². The molecule has 150 valence electrons. The van der Waals surface area contributed by atoms with Crippen molar-refractivity contribution in [1.29, 1.82) is 0 Å². The van der Waals surface area contributed by atoms with Crippen LogP contribution in [-0.4, -0.2) is 72.8 Å². The van der Waals surface area contributed by atoms with Gasteiger partial charge in [-0.25, -0.2) is 0 Å². The van der Waals surface area contributed by atoms with E-state index in [-0.39, 0.29) is 30.7 Å². The predicted octanol–water partition coefficient (Wildman–Crippen LogP) is 1.02. The number of nitrogens with zero attached hydrogens (tertiary/aromatic N) is 3. The molecule has 0 unspecified atom stereocenters. The van der Waals surface area contributed by atoms with Gasteiger partial charge in [-0.2, -0.15) is 0 Å². The van der Waals surface area contributed by atoms with Gasteiger partial charge in [-0.1, -0.05) is 29.8 Å². The van der Waals surface area contributed by atoms with Gasteiger partial charge in [0.15, 0.2) is 0 Å². The minimum absolute atomic E-state index is 0.0516. The maximum atomic E-state index is 12.8. The number of hydrogen-bond donors (Lipinski definition) is 1. The van der Waals surface area contributed by atoms with Crippen molar-refractivity contribution in [2.45, 2.75) is 26.3 Å². The Labute approximate surface area is 166 Å². The fraction of sp³-hybridized carbons (Fsp3) is 0.476. The number of anilines is 1. The fourth-order valence-electron chi connectivity index (χ4n) is 3.56. The molecule has 0 radical (unpaired) electrons. The molecule has 7 nitrogen and oxygen atoms in total. The van der Waals surface area contributed by atoms with Crippen molar-refractivity contribution in [3.8, 4) is 0 Å². The largest absolute Gasteiger partial charge is 0.353 e. The highest BCUT2D eigenvalue weighted by Crippen LogP contribution is 2.18. The first-order valence-corrected chi connectivity index (χ1v) is 9.74. The summed E-state index contributed by atoms with van der Waals surface area (Å²) in [4.78, 5) is 43.0. The molecule has 0 aliphatic carbocycles. The Bertz CT molecular complexity index is 758. The summed E-state index contributed by atoms with van der Waals surface area (Å²) in [5.41, 5.74) is 2.03. The summed E-state index contributed by atoms with van der Waals surface area (Å²) in [5, 5.41) is 2.85. The maximum absolute atomic E-state index is 12.8. The van der Waals surface area contributed by atoms with Crippen LogP contribution in [0.5, 0.6) is 0 Å². The van der Waals surface area contributed by atoms with Crippen LogP contribution in [0, 0.1) is 0 Å². The van der Waals surface area contributed by atoms with E-state index in [0.717, 1.165) is 5.69 Å². The van der Waals surface area contributed by atoms with E-state index in [4.69, 9.17) is 0 Å². The molecule has 1 aromatic carbocycles. The number of rotatable bonds is 5. The van der Waals surface area contributed by atoms with Crippen molar-refractivity contribution >= 4 is 23.4 Å². The van der Waals surface area contributed by atoms with Crippen molar-refractivity contribution in [2.75, 3.05) is 44.2 Å². The first-order chi connectivity index (χ1) is 13.5. The van der Waals surface area contributed by atoms with Gasteiger partial charge in [0.2, 0.25) is 17.7 Å². The van der Waals surface area contributed by atoms with Crippen LogP contribution in [0.15, 0.2) is 42.0 Å². The topological polar surface area (TPSA) is 73.0 Å². The molecule has 0 saturated carbocycles. The van der Waals surface area contributed by atoms with Crippen LogP contribution in [-0.2, 0) is 14.4 Å². The number of carbonyl (C=O) groups excluding carboxylic acids is 3. The Balaban J connectivity index is 1.61. The van der Waals surface area contributed by atoms with Crippen LogP contribution in [0.25, 0.3) is 0 Å². The summed E-state index contributed by atoms with van der Waals surface area (Å²) in [6, 6.07) is 8.99. The predicted molar refractivity (Wildman–Crippen MR) is 108 cm³/mol. The van der Waals surface area contributed by atoms with E-state index in [2.05, 4.69) is 11.4 Å². The SMILES string of the molecule is CC(C)=CCN1CCNC(=O)[C@@H]1CC(=O)N1CCN(c2ccccc2)C(=O)C1. The van der Waals surface area contributed by atoms with E-state index >= 15 is 0 Å². The zero-order chi connectivity index (χ0) is 20.1. The second-order valence-corrected chi connectivity index (χ2v) is 7.48. The molecule has 2 aliphatic rings. The lowest BCUT2D eigenvalue weighted by Gasteiger charge is -2.37. The van der Waals surface area contributed by atoms with E-state index in [0.29, 0.717) is 32.7 Å². The van der Waals surface area contributed by atoms with E-state index in [1.165, 1.54) is 5.57 Å². The van der Waals surface area contributed by atoms with Crippen molar-refractivity contribution in [1.82, 2.24) is 15.1 Å². The normalized spacial score (nSPS) is 20.7. The molecule has 3 amide bonds. The number of nitrogens with one attached hydrogen (secondary N) is 1. The number of amides is 3. The van der Waals surface area contributed by atoms with Gasteiger partial charge in [0.1, 0.15) is 6.54 Å². The average Bonchev–Trinajstić information content (AvgIpc) is 2.68. The molecule has 7 heteroatoms. The number of para-hydroxylation sites is 1. The Morgan fingerprint density at radius 2 is 1.89 bits per heavy atom. The van der Waals surface area contributed by atoms with Crippen molar-refractivity contribution in [2.24, 2.45) is 0 Å². The summed E-state index contributed by atoms with van der Waals surface area (Å²) in [6.07, 6.45) is 2.17. The van der Waals surface area contributed by atoms with Gasteiger partial charge in [0.05, 0.1) is 12.5 Å². The molecule has 0 spiro atoms. The Hall–Kier alpha value is -2.67. The molecule has 0 aromatic heterocycles. The molecule has 28 heavy (non-hydrogen) atoms. The minimum atomic E-state index is -0.487. The highest BCUT2D eigenvalue weighted by atomic mass is 16.2. The van der Waals surface area contributed by atoms with Gasteiger partial charge in [-0.3, -0.25) is 19.3 Å². The second kappa shape index (κ2) is 9.01. The standard InChI is InChI=1S/C21H28N4O3/c1-16(2)8-10-23-11-9-22-21(28)18(23)14-19(26)24-12-13-25(20(27)15-24)17-6-4-3-5-7-17/h3-8,18H,9-15H2,1-2H3,(H,22,28)/t18-/m0/s1. The molecule has 0 bridgehead atoms. The van der Waals surface area contributed by atoms with Crippen molar-refractivity contribution in [3.05, 3.63) is 42.0 Å². The molecule has 1 N–H and O–H groups in total. The Morgan fingerprint density at radius 3 is 2.57 bits per heavy atom. The molecule has 1 atom stereocenters. The lowest BCUT2D eigenvalue weighted by atomic mass is 10.1. The first-order valence-electron chi connectivity index (χ1n) is 9.74. The third-order valence-corrected chi connectivity index (χ3v) is 5.18. The zero-order valence-electron chi connectivity index (χ0n) is 16.6. The molecule has 2 fully saturated rings. The molecule has 1 aromatic rings. The highest BCUT2D eigenvalue weighted by molar-refractivity contribution is 5.98. The summed E-state index contributed by atoms with van der Waals surface area (Å²) >= 11 is 0. The lowest BCUT2D eigenvalue weighted by molar-refractivity contribution is -0.141. The summed E-state index contributed by atoms with van der Waals surface area (Å²) < 4.78 is 0. The van der Waals surface area contributed by atoms with Crippen LogP contribution < -0.4 is 10.2 Å². The van der Waals surface area contributed by atoms with Crippen LogP contribution in [0.4, 0.5) is 5.69 Å².